The molecule has 3 N–H and O–H groups in total. The van der Waals surface area contributed by atoms with Crippen molar-refractivity contribution in [3.63, 3.8) is 0 Å². The lowest BCUT2D eigenvalue weighted by Crippen LogP contribution is -2.30. The number of allylic oxidation sites excluding steroid dienone is 20. The highest BCUT2D eigenvalue weighted by molar-refractivity contribution is 7.47. The molecule has 0 aromatic rings. The molecule has 0 aliphatic rings. The second-order valence-corrected chi connectivity index (χ2v) is 29.9. The van der Waals surface area contributed by atoms with E-state index in [1.807, 2.05) is 12.2 Å². The first-order valence-electron chi connectivity index (χ1n) is 40.8. The van der Waals surface area contributed by atoms with Crippen molar-refractivity contribution in [1.29, 1.82) is 0 Å². The molecule has 0 radical (unpaired) electrons. The second-order valence-electron chi connectivity index (χ2n) is 27.0. The molecule has 0 spiro atoms. The van der Waals surface area contributed by atoms with Gasteiger partial charge in [-0.15, -0.1) is 0 Å². The molecular weight excluding hydrogens is 1350 g/mol. The maximum absolute atomic E-state index is 13.1. The van der Waals surface area contributed by atoms with Crippen molar-refractivity contribution in [3.05, 3.63) is 122 Å². The second kappa shape index (κ2) is 76.6. The monoisotopic (exact) mass is 1500 g/mol. The summed E-state index contributed by atoms with van der Waals surface area (Å²) in [5.74, 6) is -2.29. The Morgan fingerprint density at radius 3 is 0.779 bits per heavy atom. The molecule has 0 aromatic carbocycles. The standard InChI is InChI=1S/C85H146O17P2/c1-5-9-13-17-21-25-29-33-37-39-43-46-50-54-58-62-66-70-83(88)96-76-81(102-85(90)72-68-64-60-56-52-48-44-40-38-34-30-26-22-18-14-10-6-2)78-100-104(93,94)98-74-79(86)73-97-103(91,92)99-77-80(101-84(89)71-67-63-59-55-51-47-42-36-32-28-24-20-16-12-8-4)75-95-82(87)69-65-61-57-53-49-45-41-35-31-27-23-19-15-11-7-3/h21,23-25,27-28,33-38,41-44,46,48,56,60,79-81,86H,5-20,22,26,29-32,39-40,45,47,49-55,57-59,61-78H2,1-4H3,(H,91,92)(H,93,94)/b25-21-,27-23-,28-24-,37-33-,38-34-,41-35-,42-36-,46-43-,48-44-,60-56-/t79?,80-,81-/m1/s1. The Labute approximate surface area is 632 Å². The van der Waals surface area contributed by atoms with Crippen molar-refractivity contribution in [1.82, 2.24) is 0 Å². The van der Waals surface area contributed by atoms with Gasteiger partial charge in [0, 0.05) is 25.7 Å². The van der Waals surface area contributed by atoms with Crippen molar-refractivity contribution in [2.45, 2.75) is 354 Å². The molecule has 17 nitrogen and oxygen atoms in total. The van der Waals surface area contributed by atoms with Crippen LogP contribution in [-0.4, -0.2) is 96.7 Å². The Bertz CT molecular complexity index is 2440. The maximum Gasteiger partial charge on any atom is 0.472 e. The number of carbonyl (C=O) groups excluding carboxylic acids is 4. The van der Waals surface area contributed by atoms with E-state index in [1.165, 1.54) is 96.3 Å². The molecule has 0 rings (SSSR count). The third-order valence-corrected chi connectivity index (χ3v) is 18.8. The van der Waals surface area contributed by atoms with Crippen LogP contribution in [-0.2, 0) is 65.4 Å². The van der Waals surface area contributed by atoms with Crippen LogP contribution in [0.25, 0.3) is 0 Å². The molecule has 19 heteroatoms. The topological polar surface area (TPSA) is 237 Å². The van der Waals surface area contributed by atoms with E-state index in [1.54, 1.807) is 0 Å². The highest BCUT2D eigenvalue weighted by atomic mass is 31.2. The number of phosphoric ester groups is 2. The zero-order chi connectivity index (χ0) is 76.0. The summed E-state index contributed by atoms with van der Waals surface area (Å²) in [5, 5.41) is 10.6. The molecule has 104 heavy (non-hydrogen) atoms. The van der Waals surface area contributed by atoms with Gasteiger partial charge in [-0.1, -0.05) is 271 Å². The first kappa shape index (κ1) is 99.5. The average molecular weight is 1500 g/mol. The van der Waals surface area contributed by atoms with E-state index in [2.05, 4.69) is 137 Å². The van der Waals surface area contributed by atoms with Crippen LogP contribution in [0.15, 0.2) is 122 Å². The van der Waals surface area contributed by atoms with Gasteiger partial charge in [-0.2, -0.15) is 0 Å². The average Bonchev–Trinajstić information content (AvgIpc) is 0.926. The van der Waals surface area contributed by atoms with E-state index in [0.717, 1.165) is 154 Å². The molecule has 0 aliphatic heterocycles. The highest BCUT2D eigenvalue weighted by Crippen LogP contribution is 2.45. The fourth-order valence-corrected chi connectivity index (χ4v) is 12.2. The molecule has 0 bridgehead atoms. The summed E-state index contributed by atoms with van der Waals surface area (Å²) in [7, 11) is -9.99. The van der Waals surface area contributed by atoms with Crippen LogP contribution in [0.3, 0.4) is 0 Å². The van der Waals surface area contributed by atoms with Gasteiger partial charge in [-0.3, -0.25) is 37.3 Å². The molecule has 0 aromatic heterocycles. The quantitative estimate of drug-likeness (QED) is 0.0169. The SMILES string of the molecule is CCCCC/C=C\C/C=C\C/C=C\CCCCCCC(=O)OC[C@H](COP(=O)(O)OCC(O)COP(=O)(O)OC[C@@H](COC(=O)CCCCCCC/C=C\C/C=C\CCCCC)OC(=O)CCCCCCC/C=C\C/C=C\CCCCC)OC(=O)CCC/C=C\C/C=C\C/C=C\CCCCCCCC. The predicted octanol–water partition coefficient (Wildman–Crippen LogP) is 23.9. The number of unbranched alkanes of at least 4 members (excludes halogenated alkanes) is 30. The summed E-state index contributed by atoms with van der Waals surface area (Å²) in [6.07, 6.45) is 84.6. The molecule has 0 fully saturated rings. The minimum atomic E-state index is -5.00. The minimum absolute atomic E-state index is 0.0160. The van der Waals surface area contributed by atoms with Crippen molar-refractivity contribution < 1.29 is 80.2 Å². The number of ether oxygens (including phenoxy) is 4. The largest absolute Gasteiger partial charge is 0.472 e. The Morgan fingerprint density at radius 2 is 0.481 bits per heavy atom. The van der Waals surface area contributed by atoms with Crippen LogP contribution in [0.2, 0.25) is 0 Å². The van der Waals surface area contributed by atoms with E-state index >= 15 is 0 Å². The lowest BCUT2D eigenvalue weighted by atomic mass is 10.1. The van der Waals surface area contributed by atoms with Crippen LogP contribution >= 0.6 is 15.6 Å². The molecule has 0 amide bonds. The van der Waals surface area contributed by atoms with E-state index in [0.29, 0.717) is 32.1 Å². The van der Waals surface area contributed by atoms with Gasteiger partial charge in [-0.05, 0) is 161 Å². The Kier molecular flexibility index (Phi) is 73.3. The minimum Gasteiger partial charge on any atom is -0.462 e. The molecule has 0 heterocycles. The van der Waals surface area contributed by atoms with Gasteiger partial charge in [0.15, 0.2) is 12.2 Å². The number of hydrogen-bond donors (Lipinski definition) is 3. The first-order valence-corrected chi connectivity index (χ1v) is 43.8. The van der Waals surface area contributed by atoms with Gasteiger partial charge in [0.2, 0.25) is 0 Å². The Morgan fingerprint density at radius 1 is 0.269 bits per heavy atom. The van der Waals surface area contributed by atoms with Crippen molar-refractivity contribution >= 4 is 39.5 Å². The van der Waals surface area contributed by atoms with Gasteiger partial charge in [-0.25, -0.2) is 9.13 Å². The van der Waals surface area contributed by atoms with Gasteiger partial charge in [0.1, 0.15) is 19.3 Å². The van der Waals surface area contributed by atoms with Gasteiger partial charge < -0.3 is 33.8 Å². The van der Waals surface area contributed by atoms with Crippen molar-refractivity contribution in [2.75, 3.05) is 39.6 Å². The lowest BCUT2D eigenvalue weighted by molar-refractivity contribution is -0.161. The molecule has 0 saturated carbocycles. The number of phosphoric acid groups is 2. The summed E-state index contributed by atoms with van der Waals surface area (Å²) in [4.78, 5) is 73.0. The van der Waals surface area contributed by atoms with E-state index in [-0.39, 0.29) is 25.7 Å². The maximum atomic E-state index is 13.1. The summed E-state index contributed by atoms with van der Waals surface area (Å²) in [6, 6.07) is 0. The number of aliphatic hydroxyl groups excluding tert-OH is 1. The molecule has 0 aliphatic carbocycles. The molecular formula is C85H146O17P2. The van der Waals surface area contributed by atoms with Crippen LogP contribution in [0.1, 0.15) is 336 Å². The summed E-state index contributed by atoms with van der Waals surface area (Å²) < 4.78 is 68.6. The summed E-state index contributed by atoms with van der Waals surface area (Å²) in [5.41, 5.74) is 0. The normalized spacial score (nSPS) is 14.5. The third kappa shape index (κ3) is 75.7. The smallest absolute Gasteiger partial charge is 0.462 e. The first-order chi connectivity index (χ1) is 50.7. The fourth-order valence-electron chi connectivity index (χ4n) is 10.6. The van der Waals surface area contributed by atoms with Gasteiger partial charge in [0.05, 0.1) is 26.4 Å². The zero-order valence-electron chi connectivity index (χ0n) is 65.4. The number of aliphatic hydroxyl groups is 1. The molecule has 5 atom stereocenters. The van der Waals surface area contributed by atoms with Crippen molar-refractivity contribution in [2.24, 2.45) is 0 Å². The van der Waals surface area contributed by atoms with E-state index in [9.17, 15) is 43.2 Å². The van der Waals surface area contributed by atoms with E-state index < -0.39 is 97.5 Å². The Balaban J connectivity index is 5.46. The third-order valence-electron chi connectivity index (χ3n) is 16.9. The van der Waals surface area contributed by atoms with Gasteiger partial charge >= 0.3 is 39.5 Å². The number of esters is 4. The highest BCUT2D eigenvalue weighted by Gasteiger charge is 2.30. The van der Waals surface area contributed by atoms with Crippen molar-refractivity contribution in [3.8, 4) is 0 Å². The Hall–Kier alpha value is -4.54. The lowest BCUT2D eigenvalue weighted by Gasteiger charge is -2.21. The van der Waals surface area contributed by atoms with Crippen LogP contribution in [0.4, 0.5) is 0 Å². The molecule has 3 unspecified atom stereocenters. The zero-order valence-corrected chi connectivity index (χ0v) is 67.2. The van der Waals surface area contributed by atoms with E-state index in [4.69, 9.17) is 37.0 Å². The number of carbonyl (C=O) groups is 4. The van der Waals surface area contributed by atoms with Crippen LogP contribution in [0.5, 0.6) is 0 Å². The summed E-state index contributed by atoms with van der Waals surface area (Å²) >= 11 is 0. The fraction of sp³-hybridized carbons (Fsp3) is 0.718. The van der Waals surface area contributed by atoms with Crippen LogP contribution < -0.4 is 0 Å². The predicted molar refractivity (Wildman–Crippen MR) is 427 cm³/mol. The summed E-state index contributed by atoms with van der Waals surface area (Å²) in [6.45, 7) is 4.70. The number of rotatable bonds is 76. The van der Waals surface area contributed by atoms with Gasteiger partial charge in [0.25, 0.3) is 0 Å². The number of hydrogen-bond acceptors (Lipinski definition) is 15. The molecule has 0 saturated heterocycles. The van der Waals surface area contributed by atoms with Crippen LogP contribution in [0, 0.1) is 0 Å². The molecule has 598 valence electrons.